The first-order valence-electron chi connectivity index (χ1n) is 11.1. The first-order chi connectivity index (χ1) is 15.8. The van der Waals surface area contributed by atoms with E-state index in [0.29, 0.717) is 5.11 Å². The third-order valence-corrected chi connectivity index (χ3v) is 7.43. The molecule has 168 valence electrons. The van der Waals surface area contributed by atoms with Gasteiger partial charge in [-0.3, -0.25) is 4.98 Å². The number of nitrogens with one attached hydrogen (secondary N) is 1. The number of anilines is 2. The van der Waals surface area contributed by atoms with E-state index in [1.165, 1.54) is 11.1 Å². The lowest BCUT2D eigenvalue weighted by Gasteiger charge is -2.41. The van der Waals surface area contributed by atoms with Crippen molar-refractivity contribution in [3.63, 3.8) is 0 Å². The fraction of sp³-hybridized carbons (Fsp3) is 0.259. The van der Waals surface area contributed by atoms with Gasteiger partial charge >= 0.3 is 0 Å². The predicted molar refractivity (Wildman–Crippen MR) is 142 cm³/mol. The summed E-state index contributed by atoms with van der Waals surface area (Å²) in [5.74, 6) is 0. The van der Waals surface area contributed by atoms with Crippen molar-refractivity contribution < 1.29 is 0 Å². The molecule has 0 saturated carbocycles. The summed E-state index contributed by atoms with van der Waals surface area (Å²) in [6.07, 6.45) is 4.14. The van der Waals surface area contributed by atoms with Gasteiger partial charge in [0.05, 0.1) is 23.3 Å². The molecule has 2 aliphatic rings. The number of allylic oxidation sites excluding steroid dienone is 1. The Morgan fingerprint density at radius 3 is 2.48 bits per heavy atom. The number of likely N-dealkylation sites (N-methyl/N-ethyl adjacent to an activating group) is 1. The number of para-hydroxylation sites is 1. The lowest BCUT2D eigenvalue weighted by Crippen LogP contribution is -2.42. The van der Waals surface area contributed by atoms with E-state index in [1.54, 1.807) is 0 Å². The van der Waals surface area contributed by atoms with Crippen LogP contribution < -0.4 is 15.1 Å². The number of rotatable bonds is 3. The summed E-state index contributed by atoms with van der Waals surface area (Å²) < 4.78 is 0. The molecule has 5 rings (SSSR count). The van der Waals surface area contributed by atoms with Crippen LogP contribution in [0.25, 0.3) is 5.57 Å². The van der Waals surface area contributed by atoms with Gasteiger partial charge in [0.15, 0.2) is 5.11 Å². The minimum atomic E-state index is -0.138. The van der Waals surface area contributed by atoms with Gasteiger partial charge in [0, 0.05) is 35.2 Å². The number of aromatic nitrogens is 1. The highest BCUT2D eigenvalue weighted by Crippen LogP contribution is 2.47. The van der Waals surface area contributed by atoms with Crippen molar-refractivity contribution in [2.75, 3.05) is 16.8 Å². The Morgan fingerprint density at radius 2 is 1.79 bits per heavy atom. The minimum Gasteiger partial charge on any atom is -0.365 e. The number of benzene rings is 2. The van der Waals surface area contributed by atoms with Gasteiger partial charge in [-0.05, 0) is 80.5 Å². The number of hydrogen-bond acceptors (Lipinski definition) is 3. The Morgan fingerprint density at radius 1 is 1.06 bits per heavy atom. The zero-order valence-electron chi connectivity index (χ0n) is 19.2. The molecule has 3 heterocycles. The second kappa shape index (κ2) is 8.15. The number of thiocarbonyl (C=S) groups is 1. The second-order valence-electron chi connectivity index (χ2n) is 9.26. The summed E-state index contributed by atoms with van der Waals surface area (Å²) in [6, 6.07) is 20.3. The molecule has 2 aliphatic heterocycles. The molecule has 0 radical (unpaired) electrons. The average molecular weight is 475 g/mol. The Labute approximate surface area is 205 Å². The van der Waals surface area contributed by atoms with Crippen LogP contribution in [-0.4, -0.2) is 22.7 Å². The number of fused-ring (bicyclic) bond motifs is 1. The predicted octanol–water partition coefficient (Wildman–Crippen LogP) is 6.54. The molecule has 0 bridgehead atoms. The fourth-order valence-corrected chi connectivity index (χ4v) is 5.57. The monoisotopic (exact) mass is 474 g/mol. The molecule has 3 aromatic rings. The summed E-state index contributed by atoms with van der Waals surface area (Å²) in [5.41, 5.74) is 6.50. The van der Waals surface area contributed by atoms with Crippen LogP contribution in [0.1, 0.15) is 49.7 Å². The number of pyridine rings is 1. The highest BCUT2D eigenvalue weighted by atomic mass is 35.5. The van der Waals surface area contributed by atoms with Gasteiger partial charge in [-0.2, -0.15) is 0 Å². The molecular formula is C27H27ClN4S. The standard InChI is InChI=1S/C27H27ClN4S/c1-17-16-27(2,3)31(4)23-15-21(28)20(14-19(17)23)25-24(22-12-8-9-13-29-22)30-26(33)32(25)18-10-6-5-7-11-18/h5-16,24-25H,1-4H3,(H,30,33)/t24-,25-/m1/s1. The number of halogens is 1. The van der Waals surface area contributed by atoms with Crippen molar-refractivity contribution in [3.05, 3.63) is 94.8 Å². The van der Waals surface area contributed by atoms with Crippen LogP contribution in [0, 0.1) is 0 Å². The highest BCUT2D eigenvalue weighted by Gasteiger charge is 2.42. The lowest BCUT2D eigenvalue weighted by molar-refractivity contribution is 0.567. The maximum absolute atomic E-state index is 7.04. The number of hydrogen-bond donors (Lipinski definition) is 1. The van der Waals surface area contributed by atoms with E-state index in [0.717, 1.165) is 27.7 Å². The van der Waals surface area contributed by atoms with E-state index >= 15 is 0 Å². The van der Waals surface area contributed by atoms with Gasteiger partial charge in [0.1, 0.15) is 0 Å². The van der Waals surface area contributed by atoms with Crippen molar-refractivity contribution in [2.45, 2.75) is 38.4 Å². The van der Waals surface area contributed by atoms with E-state index in [-0.39, 0.29) is 17.6 Å². The van der Waals surface area contributed by atoms with E-state index in [4.69, 9.17) is 23.8 Å². The zero-order chi connectivity index (χ0) is 23.3. The van der Waals surface area contributed by atoms with Gasteiger partial charge in [0.2, 0.25) is 0 Å². The maximum Gasteiger partial charge on any atom is 0.174 e. The van der Waals surface area contributed by atoms with Crippen molar-refractivity contribution in [2.24, 2.45) is 0 Å². The molecule has 0 spiro atoms. The fourth-order valence-electron chi connectivity index (χ4n) is 4.95. The lowest BCUT2D eigenvalue weighted by atomic mass is 9.86. The van der Waals surface area contributed by atoms with Crippen molar-refractivity contribution >= 4 is 45.9 Å². The molecule has 1 aromatic heterocycles. The van der Waals surface area contributed by atoms with Gasteiger partial charge in [-0.25, -0.2) is 0 Å². The van der Waals surface area contributed by atoms with Gasteiger partial charge in [-0.1, -0.05) is 41.9 Å². The Balaban J connectivity index is 1.70. The Bertz CT molecular complexity index is 1240. The SMILES string of the molecule is CC1=CC(C)(C)N(C)c2cc(Cl)c([C@@H]3[C@@H](c4ccccn4)NC(=S)N3c3ccccc3)cc21. The smallest absolute Gasteiger partial charge is 0.174 e. The van der Waals surface area contributed by atoms with Crippen molar-refractivity contribution in [1.29, 1.82) is 0 Å². The maximum atomic E-state index is 7.04. The van der Waals surface area contributed by atoms with E-state index < -0.39 is 0 Å². The number of nitrogens with zero attached hydrogens (tertiary/aromatic N) is 3. The summed E-state index contributed by atoms with van der Waals surface area (Å²) in [4.78, 5) is 9.10. The van der Waals surface area contributed by atoms with Crippen LogP contribution in [-0.2, 0) is 0 Å². The molecule has 1 fully saturated rings. The third kappa shape index (κ3) is 3.69. The first kappa shape index (κ1) is 21.9. The quantitative estimate of drug-likeness (QED) is 0.435. The first-order valence-corrected chi connectivity index (χ1v) is 11.9. The Kier molecular flexibility index (Phi) is 5.42. The van der Waals surface area contributed by atoms with E-state index in [9.17, 15) is 0 Å². The topological polar surface area (TPSA) is 31.4 Å². The van der Waals surface area contributed by atoms with Crippen LogP contribution in [0.3, 0.4) is 0 Å². The molecule has 0 unspecified atom stereocenters. The van der Waals surface area contributed by atoms with E-state index in [2.05, 4.69) is 78.3 Å². The molecule has 2 atom stereocenters. The van der Waals surface area contributed by atoms with Crippen molar-refractivity contribution in [3.8, 4) is 0 Å². The molecule has 6 heteroatoms. The largest absolute Gasteiger partial charge is 0.365 e. The highest BCUT2D eigenvalue weighted by molar-refractivity contribution is 7.80. The molecule has 2 aromatic carbocycles. The molecule has 1 saturated heterocycles. The van der Waals surface area contributed by atoms with Gasteiger partial charge < -0.3 is 15.1 Å². The van der Waals surface area contributed by atoms with Gasteiger partial charge in [-0.15, -0.1) is 0 Å². The van der Waals surface area contributed by atoms with Crippen molar-refractivity contribution in [1.82, 2.24) is 10.3 Å². The molecule has 0 aliphatic carbocycles. The van der Waals surface area contributed by atoms with Crippen LogP contribution >= 0.6 is 23.8 Å². The molecule has 33 heavy (non-hydrogen) atoms. The molecule has 0 amide bonds. The van der Waals surface area contributed by atoms with E-state index in [1.807, 2.05) is 42.6 Å². The summed E-state index contributed by atoms with van der Waals surface area (Å²) >= 11 is 12.9. The summed E-state index contributed by atoms with van der Waals surface area (Å²) in [7, 11) is 2.12. The third-order valence-electron chi connectivity index (χ3n) is 6.79. The van der Waals surface area contributed by atoms with Crippen LogP contribution in [0.5, 0.6) is 0 Å². The zero-order valence-corrected chi connectivity index (χ0v) is 20.8. The summed E-state index contributed by atoms with van der Waals surface area (Å²) in [6.45, 7) is 6.61. The Hall–Kier alpha value is -2.89. The second-order valence-corrected chi connectivity index (χ2v) is 10.1. The summed E-state index contributed by atoms with van der Waals surface area (Å²) in [5, 5.41) is 4.91. The van der Waals surface area contributed by atoms with Gasteiger partial charge in [0.25, 0.3) is 0 Å². The molecular weight excluding hydrogens is 448 g/mol. The van der Waals surface area contributed by atoms with Crippen LogP contribution in [0.4, 0.5) is 11.4 Å². The van der Waals surface area contributed by atoms with Crippen LogP contribution in [0.15, 0.2) is 72.9 Å². The normalized spacial score (nSPS) is 21.5. The molecule has 4 nitrogen and oxygen atoms in total. The minimum absolute atomic E-state index is 0.0784. The van der Waals surface area contributed by atoms with Crippen LogP contribution in [0.2, 0.25) is 5.02 Å². The average Bonchev–Trinajstić information content (AvgIpc) is 3.15. The molecule has 1 N–H and O–H groups in total.